The van der Waals surface area contributed by atoms with E-state index in [4.69, 9.17) is 13.9 Å². The number of benzene rings is 1. The molecule has 0 radical (unpaired) electrons. The first kappa shape index (κ1) is 17.8. The molecule has 2 aliphatic heterocycles. The Morgan fingerprint density at radius 1 is 1.17 bits per heavy atom. The maximum absolute atomic E-state index is 12.1. The standard InChI is InChI=1S/C19H28O4Si/c1-19(2,3)24(4,5)23-17-15-11-14(20)16(22-15)18(17)21-12-13-9-7-6-8-10-13/h6-10,15-18H,11-12H2,1-5H3/t15-,16+,17-,18-/m1/s1. The molecule has 2 aliphatic rings. The first-order chi connectivity index (χ1) is 11.2. The van der Waals surface area contributed by atoms with Crippen molar-refractivity contribution in [1.82, 2.24) is 0 Å². The Morgan fingerprint density at radius 3 is 2.46 bits per heavy atom. The second kappa shape index (κ2) is 6.37. The van der Waals surface area contributed by atoms with E-state index in [0.29, 0.717) is 13.0 Å². The third kappa shape index (κ3) is 3.36. The van der Waals surface area contributed by atoms with Crippen LogP contribution >= 0.6 is 0 Å². The Morgan fingerprint density at radius 2 is 1.83 bits per heavy atom. The van der Waals surface area contributed by atoms with Crippen LogP contribution in [-0.2, 0) is 25.3 Å². The van der Waals surface area contributed by atoms with Crippen LogP contribution in [0.1, 0.15) is 32.8 Å². The first-order valence-electron chi connectivity index (χ1n) is 8.70. The number of Topliss-reactive ketones (excluding diaryl/α,β-unsaturated/α-hetero) is 1. The number of hydrogen-bond acceptors (Lipinski definition) is 4. The van der Waals surface area contributed by atoms with Gasteiger partial charge in [0.1, 0.15) is 18.3 Å². The summed E-state index contributed by atoms with van der Waals surface area (Å²) in [6, 6.07) is 10.0. The Kier molecular flexibility index (Phi) is 4.72. The SMILES string of the molecule is CC(C)(C)[Si](C)(C)O[C@H]1[C@H](OCc2ccccc2)[C@H]2O[C@@H]1CC2=O. The molecule has 0 amide bonds. The maximum atomic E-state index is 12.1. The summed E-state index contributed by atoms with van der Waals surface area (Å²) in [4.78, 5) is 12.1. The van der Waals surface area contributed by atoms with Crippen LogP contribution in [0.4, 0.5) is 0 Å². The monoisotopic (exact) mass is 348 g/mol. The second-order valence-corrected chi connectivity index (χ2v) is 13.1. The van der Waals surface area contributed by atoms with Gasteiger partial charge in [0.15, 0.2) is 14.1 Å². The molecule has 0 unspecified atom stereocenters. The van der Waals surface area contributed by atoms with Gasteiger partial charge in [0.2, 0.25) is 0 Å². The molecule has 4 nitrogen and oxygen atoms in total. The predicted molar refractivity (Wildman–Crippen MR) is 95.4 cm³/mol. The molecule has 4 atom stereocenters. The number of hydrogen-bond donors (Lipinski definition) is 0. The van der Waals surface area contributed by atoms with E-state index in [2.05, 4.69) is 33.9 Å². The molecular weight excluding hydrogens is 320 g/mol. The summed E-state index contributed by atoms with van der Waals surface area (Å²) in [5.74, 6) is 0.146. The molecule has 1 aromatic carbocycles. The topological polar surface area (TPSA) is 44.8 Å². The van der Waals surface area contributed by atoms with Crippen molar-refractivity contribution in [3.05, 3.63) is 35.9 Å². The van der Waals surface area contributed by atoms with E-state index in [9.17, 15) is 4.79 Å². The summed E-state index contributed by atoms with van der Waals surface area (Å²) in [6.45, 7) is 11.6. The predicted octanol–water partition coefficient (Wildman–Crippen LogP) is 3.70. The Hall–Kier alpha value is -1.01. The number of carbonyl (C=O) groups is 1. The quantitative estimate of drug-likeness (QED) is 0.761. The van der Waals surface area contributed by atoms with E-state index in [-0.39, 0.29) is 29.1 Å². The molecule has 0 aliphatic carbocycles. The van der Waals surface area contributed by atoms with Gasteiger partial charge in [-0.2, -0.15) is 0 Å². The van der Waals surface area contributed by atoms with Gasteiger partial charge in [-0.25, -0.2) is 0 Å². The summed E-state index contributed by atoms with van der Waals surface area (Å²) in [5.41, 5.74) is 1.10. The zero-order chi connectivity index (χ0) is 17.5. The Balaban J connectivity index is 1.73. The lowest BCUT2D eigenvalue weighted by Crippen LogP contribution is -2.52. The lowest BCUT2D eigenvalue weighted by atomic mass is 9.93. The summed E-state index contributed by atoms with van der Waals surface area (Å²) >= 11 is 0. The fraction of sp³-hybridized carbons (Fsp3) is 0.632. The fourth-order valence-electron chi connectivity index (χ4n) is 3.07. The summed E-state index contributed by atoms with van der Waals surface area (Å²) in [5, 5.41) is 0.114. The summed E-state index contributed by atoms with van der Waals surface area (Å²) in [6.07, 6.45) is -0.608. The van der Waals surface area contributed by atoms with E-state index in [0.717, 1.165) is 5.56 Å². The highest BCUT2D eigenvalue weighted by Gasteiger charge is 2.57. The van der Waals surface area contributed by atoms with Gasteiger partial charge in [-0.1, -0.05) is 51.1 Å². The number of carbonyl (C=O) groups excluding carboxylic acids is 1. The minimum atomic E-state index is -1.95. The van der Waals surface area contributed by atoms with Crippen LogP contribution in [0.15, 0.2) is 30.3 Å². The second-order valence-electron chi connectivity index (χ2n) is 8.37. The van der Waals surface area contributed by atoms with E-state index in [1.807, 2.05) is 30.3 Å². The molecule has 0 N–H and O–H groups in total. The minimum Gasteiger partial charge on any atom is -0.408 e. The van der Waals surface area contributed by atoms with Gasteiger partial charge >= 0.3 is 0 Å². The van der Waals surface area contributed by atoms with E-state index < -0.39 is 14.4 Å². The van der Waals surface area contributed by atoms with Crippen molar-refractivity contribution in [2.45, 2.75) is 76.3 Å². The summed E-state index contributed by atoms with van der Waals surface area (Å²) < 4.78 is 18.6. The Bertz CT molecular complexity index is 593. The van der Waals surface area contributed by atoms with Crippen molar-refractivity contribution in [2.24, 2.45) is 0 Å². The number of ether oxygens (including phenoxy) is 2. The third-order valence-electron chi connectivity index (χ3n) is 5.55. The van der Waals surface area contributed by atoms with Crippen LogP contribution in [0.25, 0.3) is 0 Å². The lowest BCUT2D eigenvalue weighted by Gasteiger charge is -2.41. The Labute approximate surface area is 145 Å². The van der Waals surface area contributed by atoms with Crippen LogP contribution < -0.4 is 0 Å². The van der Waals surface area contributed by atoms with Crippen LogP contribution in [0.5, 0.6) is 0 Å². The molecule has 132 valence electrons. The zero-order valence-corrected chi connectivity index (χ0v) is 16.2. The van der Waals surface area contributed by atoms with Gasteiger partial charge in [-0.15, -0.1) is 0 Å². The molecule has 2 bridgehead atoms. The van der Waals surface area contributed by atoms with Crippen molar-refractivity contribution in [3.8, 4) is 0 Å². The highest BCUT2D eigenvalue weighted by Crippen LogP contribution is 2.43. The summed E-state index contributed by atoms with van der Waals surface area (Å²) in [7, 11) is -1.95. The van der Waals surface area contributed by atoms with Gasteiger partial charge in [0, 0.05) is 6.42 Å². The average Bonchev–Trinajstić information content (AvgIpc) is 3.02. The normalized spacial score (nSPS) is 30.1. The maximum Gasteiger partial charge on any atom is 0.192 e. The van der Waals surface area contributed by atoms with Gasteiger partial charge in [-0.3, -0.25) is 4.79 Å². The largest absolute Gasteiger partial charge is 0.408 e. The molecule has 0 aromatic heterocycles. The highest BCUT2D eigenvalue weighted by atomic mass is 28.4. The molecule has 2 saturated heterocycles. The van der Waals surface area contributed by atoms with Crippen LogP contribution in [0, 0.1) is 0 Å². The van der Waals surface area contributed by atoms with Crippen molar-refractivity contribution >= 4 is 14.1 Å². The van der Waals surface area contributed by atoms with E-state index >= 15 is 0 Å². The van der Waals surface area contributed by atoms with Crippen molar-refractivity contribution in [2.75, 3.05) is 0 Å². The molecular formula is C19H28O4Si. The minimum absolute atomic E-state index is 0.114. The van der Waals surface area contributed by atoms with Gasteiger partial charge in [0.05, 0.1) is 12.7 Å². The molecule has 24 heavy (non-hydrogen) atoms. The number of fused-ring (bicyclic) bond motifs is 2. The first-order valence-corrected chi connectivity index (χ1v) is 11.6. The highest BCUT2D eigenvalue weighted by molar-refractivity contribution is 6.74. The van der Waals surface area contributed by atoms with Crippen molar-refractivity contribution in [1.29, 1.82) is 0 Å². The van der Waals surface area contributed by atoms with E-state index in [1.54, 1.807) is 0 Å². The van der Waals surface area contributed by atoms with Crippen LogP contribution in [-0.4, -0.2) is 38.5 Å². The van der Waals surface area contributed by atoms with Crippen molar-refractivity contribution in [3.63, 3.8) is 0 Å². The van der Waals surface area contributed by atoms with Crippen LogP contribution in [0.2, 0.25) is 18.1 Å². The fourth-order valence-corrected chi connectivity index (χ4v) is 4.39. The molecule has 1 aromatic rings. The molecule has 2 fully saturated rings. The molecule has 3 rings (SSSR count). The third-order valence-corrected chi connectivity index (χ3v) is 10.0. The number of rotatable bonds is 5. The van der Waals surface area contributed by atoms with E-state index in [1.165, 1.54) is 0 Å². The van der Waals surface area contributed by atoms with Crippen LogP contribution in [0.3, 0.4) is 0 Å². The molecule has 2 heterocycles. The molecule has 0 saturated carbocycles. The average molecular weight is 349 g/mol. The van der Waals surface area contributed by atoms with Gasteiger partial charge < -0.3 is 13.9 Å². The van der Waals surface area contributed by atoms with Gasteiger partial charge in [-0.05, 0) is 23.7 Å². The number of ketones is 1. The van der Waals surface area contributed by atoms with Gasteiger partial charge in [0.25, 0.3) is 0 Å². The molecule has 5 heteroatoms. The zero-order valence-electron chi connectivity index (χ0n) is 15.2. The van der Waals surface area contributed by atoms with Crippen molar-refractivity contribution < 1.29 is 18.7 Å². The molecule has 0 spiro atoms. The lowest BCUT2D eigenvalue weighted by molar-refractivity contribution is -0.130. The smallest absolute Gasteiger partial charge is 0.192 e.